The molecule has 2 heterocycles. The summed E-state index contributed by atoms with van der Waals surface area (Å²) in [6.07, 6.45) is 2.94. The highest BCUT2D eigenvalue weighted by atomic mass is 16.5. The first kappa shape index (κ1) is 14.1. The van der Waals surface area contributed by atoms with Crippen molar-refractivity contribution in [1.29, 1.82) is 5.26 Å². The molecule has 0 bridgehead atoms. The van der Waals surface area contributed by atoms with Gasteiger partial charge in [-0.15, -0.1) is 0 Å². The number of pyridine rings is 1. The van der Waals surface area contributed by atoms with Gasteiger partial charge in [-0.3, -0.25) is 4.79 Å². The van der Waals surface area contributed by atoms with Gasteiger partial charge in [0.25, 0.3) is 0 Å². The third-order valence-corrected chi connectivity index (χ3v) is 3.67. The van der Waals surface area contributed by atoms with Gasteiger partial charge in [0.15, 0.2) is 0 Å². The highest BCUT2D eigenvalue weighted by molar-refractivity contribution is 5.89. The molecule has 0 radical (unpaired) electrons. The maximum Gasteiger partial charge on any atom is 0.221 e. The standard InChI is InChI=1S/C16H15N3O3/c1-21-14-7-13-10(6-11(14)8-17)4-5-18-16(13)22-9-12-2-3-15(20)19-12/h4-7,12H,2-3,9H2,1H3,(H,19,20). The topological polar surface area (TPSA) is 84.2 Å². The molecule has 1 aliphatic heterocycles. The van der Waals surface area contributed by atoms with Gasteiger partial charge in [-0.2, -0.15) is 5.26 Å². The fourth-order valence-electron chi connectivity index (χ4n) is 2.53. The fraction of sp³-hybridized carbons (Fsp3) is 0.312. The number of nitriles is 1. The molecule has 1 aromatic heterocycles. The first-order valence-corrected chi connectivity index (χ1v) is 7.00. The highest BCUT2D eigenvalue weighted by Gasteiger charge is 2.21. The van der Waals surface area contributed by atoms with Crippen molar-refractivity contribution in [2.24, 2.45) is 0 Å². The van der Waals surface area contributed by atoms with Crippen LogP contribution in [0.5, 0.6) is 11.6 Å². The van der Waals surface area contributed by atoms with Crippen LogP contribution in [0.3, 0.4) is 0 Å². The number of amides is 1. The van der Waals surface area contributed by atoms with Crippen LogP contribution in [0.2, 0.25) is 0 Å². The first-order valence-electron chi connectivity index (χ1n) is 7.00. The minimum absolute atomic E-state index is 0.0184. The molecule has 1 atom stereocenters. The lowest BCUT2D eigenvalue weighted by Crippen LogP contribution is -2.31. The first-order chi connectivity index (χ1) is 10.7. The Hall–Kier alpha value is -2.81. The Morgan fingerprint density at radius 2 is 2.36 bits per heavy atom. The van der Waals surface area contributed by atoms with Crippen LogP contribution in [0.4, 0.5) is 0 Å². The summed E-state index contributed by atoms with van der Waals surface area (Å²) in [5.41, 5.74) is 0.468. The van der Waals surface area contributed by atoms with Crippen molar-refractivity contribution < 1.29 is 14.3 Å². The molecule has 1 saturated heterocycles. The molecule has 112 valence electrons. The summed E-state index contributed by atoms with van der Waals surface area (Å²) in [5, 5.41) is 13.6. The molecule has 2 aromatic rings. The number of ether oxygens (including phenoxy) is 2. The summed E-state index contributed by atoms with van der Waals surface area (Å²) in [6, 6.07) is 7.45. The number of nitrogens with one attached hydrogen (secondary N) is 1. The number of methoxy groups -OCH3 is 1. The molecular weight excluding hydrogens is 282 g/mol. The Balaban J connectivity index is 1.89. The molecule has 1 amide bonds. The molecule has 0 aliphatic carbocycles. The minimum atomic E-state index is 0.0184. The van der Waals surface area contributed by atoms with Gasteiger partial charge in [0.05, 0.1) is 18.7 Å². The summed E-state index contributed by atoms with van der Waals surface area (Å²) in [7, 11) is 1.52. The number of fused-ring (bicyclic) bond motifs is 1. The van der Waals surface area contributed by atoms with Crippen molar-refractivity contribution in [3.63, 3.8) is 0 Å². The molecule has 0 spiro atoms. The summed E-state index contributed by atoms with van der Waals surface area (Å²) in [5.74, 6) is 1.02. The monoisotopic (exact) mass is 297 g/mol. The SMILES string of the molecule is COc1cc2c(OCC3CCC(=O)N3)nccc2cc1C#N. The van der Waals surface area contributed by atoms with Gasteiger partial charge < -0.3 is 14.8 Å². The number of hydrogen-bond donors (Lipinski definition) is 1. The number of carbonyl (C=O) groups is 1. The second-order valence-electron chi connectivity index (χ2n) is 5.12. The lowest BCUT2D eigenvalue weighted by atomic mass is 10.1. The molecule has 3 rings (SSSR count). The zero-order valence-corrected chi connectivity index (χ0v) is 12.1. The number of aromatic nitrogens is 1. The predicted octanol–water partition coefficient (Wildman–Crippen LogP) is 1.77. The third kappa shape index (κ3) is 2.66. The van der Waals surface area contributed by atoms with Crippen molar-refractivity contribution in [3.05, 3.63) is 30.0 Å². The minimum Gasteiger partial charge on any atom is -0.495 e. The number of rotatable bonds is 4. The number of carbonyl (C=O) groups excluding carboxylic acids is 1. The van der Waals surface area contributed by atoms with E-state index in [-0.39, 0.29) is 11.9 Å². The van der Waals surface area contributed by atoms with E-state index in [0.717, 1.165) is 17.2 Å². The molecule has 1 aromatic carbocycles. The molecule has 6 nitrogen and oxygen atoms in total. The van der Waals surface area contributed by atoms with Crippen LogP contribution in [0.25, 0.3) is 10.8 Å². The molecule has 1 unspecified atom stereocenters. The molecule has 6 heteroatoms. The Morgan fingerprint density at radius 3 is 3.05 bits per heavy atom. The quantitative estimate of drug-likeness (QED) is 0.929. The number of nitrogens with zero attached hydrogens (tertiary/aromatic N) is 2. The van der Waals surface area contributed by atoms with Crippen LogP contribution >= 0.6 is 0 Å². The van der Waals surface area contributed by atoms with E-state index in [1.54, 1.807) is 18.3 Å². The Kier molecular flexibility index (Phi) is 3.79. The maximum atomic E-state index is 11.2. The van der Waals surface area contributed by atoms with E-state index in [0.29, 0.717) is 30.2 Å². The smallest absolute Gasteiger partial charge is 0.221 e. The summed E-state index contributed by atoms with van der Waals surface area (Å²) >= 11 is 0. The van der Waals surface area contributed by atoms with Crippen LogP contribution < -0.4 is 14.8 Å². The summed E-state index contributed by atoms with van der Waals surface area (Å²) < 4.78 is 11.0. The van der Waals surface area contributed by atoms with Gasteiger partial charge in [-0.1, -0.05) is 0 Å². The van der Waals surface area contributed by atoms with Gasteiger partial charge in [-0.25, -0.2) is 4.98 Å². The lowest BCUT2D eigenvalue weighted by Gasteiger charge is -2.13. The van der Waals surface area contributed by atoms with E-state index < -0.39 is 0 Å². The summed E-state index contributed by atoms with van der Waals surface area (Å²) in [6.45, 7) is 0.375. The number of hydrogen-bond acceptors (Lipinski definition) is 5. The predicted molar refractivity (Wildman–Crippen MR) is 79.7 cm³/mol. The van der Waals surface area contributed by atoms with E-state index in [1.807, 2.05) is 6.07 Å². The van der Waals surface area contributed by atoms with Crippen LogP contribution in [0.1, 0.15) is 18.4 Å². The van der Waals surface area contributed by atoms with Crippen LogP contribution in [-0.4, -0.2) is 30.6 Å². The zero-order valence-electron chi connectivity index (χ0n) is 12.1. The maximum absolute atomic E-state index is 11.2. The van der Waals surface area contributed by atoms with Crippen LogP contribution in [0.15, 0.2) is 24.4 Å². The number of benzene rings is 1. The van der Waals surface area contributed by atoms with Gasteiger partial charge in [0.1, 0.15) is 18.4 Å². The Labute approximate surface area is 127 Å². The Morgan fingerprint density at radius 1 is 1.50 bits per heavy atom. The molecular formula is C16H15N3O3. The van der Waals surface area contributed by atoms with Gasteiger partial charge in [0.2, 0.25) is 11.8 Å². The molecule has 1 aliphatic rings. The van der Waals surface area contributed by atoms with Gasteiger partial charge in [0, 0.05) is 18.0 Å². The van der Waals surface area contributed by atoms with Gasteiger partial charge >= 0.3 is 0 Å². The van der Waals surface area contributed by atoms with E-state index in [1.165, 1.54) is 7.11 Å². The highest BCUT2D eigenvalue weighted by Crippen LogP contribution is 2.30. The van der Waals surface area contributed by atoms with Crippen molar-refractivity contribution in [1.82, 2.24) is 10.3 Å². The van der Waals surface area contributed by atoms with Crippen LogP contribution in [0, 0.1) is 11.3 Å². The van der Waals surface area contributed by atoms with E-state index in [2.05, 4.69) is 16.4 Å². The van der Waals surface area contributed by atoms with Crippen molar-refractivity contribution in [2.45, 2.75) is 18.9 Å². The molecule has 1 N–H and O–H groups in total. The van der Waals surface area contributed by atoms with Crippen molar-refractivity contribution >= 4 is 16.7 Å². The summed E-state index contributed by atoms with van der Waals surface area (Å²) in [4.78, 5) is 15.4. The largest absolute Gasteiger partial charge is 0.495 e. The third-order valence-electron chi connectivity index (χ3n) is 3.67. The average molecular weight is 297 g/mol. The average Bonchev–Trinajstić information content (AvgIpc) is 2.96. The molecule has 1 fully saturated rings. The van der Waals surface area contributed by atoms with Crippen molar-refractivity contribution in [2.75, 3.05) is 13.7 Å². The fourth-order valence-corrected chi connectivity index (χ4v) is 2.53. The second kappa shape index (κ2) is 5.90. The molecule has 22 heavy (non-hydrogen) atoms. The lowest BCUT2D eigenvalue weighted by molar-refractivity contribution is -0.119. The van der Waals surface area contributed by atoms with E-state index in [4.69, 9.17) is 14.7 Å². The second-order valence-corrected chi connectivity index (χ2v) is 5.12. The van der Waals surface area contributed by atoms with Gasteiger partial charge in [-0.05, 0) is 30.0 Å². The molecule has 0 saturated carbocycles. The van der Waals surface area contributed by atoms with E-state index in [9.17, 15) is 4.79 Å². The normalized spacial score (nSPS) is 17.1. The Bertz CT molecular complexity index is 767. The van der Waals surface area contributed by atoms with Crippen LogP contribution in [-0.2, 0) is 4.79 Å². The van der Waals surface area contributed by atoms with E-state index >= 15 is 0 Å². The van der Waals surface area contributed by atoms with Crippen molar-refractivity contribution in [3.8, 4) is 17.7 Å². The zero-order chi connectivity index (χ0) is 15.5.